The monoisotopic (exact) mass is 701 g/mol. The van der Waals surface area contributed by atoms with Crippen LogP contribution in [0.15, 0.2) is 111 Å². The van der Waals surface area contributed by atoms with Crippen molar-refractivity contribution in [2.45, 2.75) is 33.1 Å². The van der Waals surface area contributed by atoms with Crippen molar-refractivity contribution in [1.29, 1.82) is 0 Å². The number of benzene rings is 3. The molecule has 0 saturated carbocycles. The molecule has 3 aromatic carbocycles. The quantitative estimate of drug-likeness (QED) is 0.0391. The highest BCUT2D eigenvalue weighted by Crippen LogP contribution is 2.40. The lowest BCUT2D eigenvalue weighted by Crippen LogP contribution is -2.25. The molecule has 0 unspecified atom stereocenters. The van der Waals surface area contributed by atoms with E-state index in [1.165, 1.54) is 19.6 Å². The predicted octanol–water partition coefficient (Wildman–Crippen LogP) is 6.71. The van der Waals surface area contributed by atoms with Gasteiger partial charge in [0.15, 0.2) is 0 Å². The molecule has 0 saturated heterocycles. The number of rotatable bonds is 21. The van der Waals surface area contributed by atoms with E-state index in [-0.39, 0.29) is 39.6 Å². The molecule has 0 fully saturated rings. The molecule has 274 valence electrons. The van der Waals surface area contributed by atoms with E-state index in [2.05, 4.69) is 52.3 Å². The summed E-state index contributed by atoms with van der Waals surface area (Å²) in [6.07, 6.45) is 3.32. The lowest BCUT2D eigenvalue weighted by atomic mass is 9.71. The van der Waals surface area contributed by atoms with E-state index in [0.29, 0.717) is 17.2 Å². The van der Waals surface area contributed by atoms with Gasteiger partial charge in [0.05, 0.1) is 0 Å². The standard InChI is InChI=1S/C35H36O9.C6H15N/c1-5-32(36)42-23-20-39-29-14-8-26(9-15-29)35(4,27-10-16-30(17-11-27)40-21-24-43-33(37)6-2)28-12-18-31(19-13-28)41-22-25-44-34(38)7-3;1-4-7(5-2)6-3/h5-19H,1-3,20-25H2,4H3;4-6H2,1-3H3. The molecule has 3 aromatic rings. The summed E-state index contributed by atoms with van der Waals surface area (Å²) in [7, 11) is 0. The Morgan fingerprint density at radius 2 is 0.765 bits per heavy atom. The second-order valence-electron chi connectivity index (χ2n) is 11.0. The molecule has 0 spiro atoms. The highest BCUT2D eigenvalue weighted by molar-refractivity contribution is 5.81. The third-order valence-corrected chi connectivity index (χ3v) is 7.93. The SMILES string of the molecule is C=CC(=O)OCCOc1ccc(C(C)(c2ccc(OCCOC(=O)C=C)cc2)c2ccc(OCCOC(=O)C=C)cc2)cc1.CCN(CC)CC. The first-order chi connectivity index (χ1) is 24.6. The lowest BCUT2D eigenvalue weighted by molar-refractivity contribution is -0.139. The highest BCUT2D eigenvalue weighted by atomic mass is 16.6. The molecule has 0 heterocycles. The Bertz CT molecular complexity index is 1330. The van der Waals surface area contributed by atoms with Gasteiger partial charge < -0.3 is 33.3 Å². The first-order valence-corrected chi connectivity index (χ1v) is 16.9. The van der Waals surface area contributed by atoms with Gasteiger partial charge in [-0.3, -0.25) is 0 Å². The van der Waals surface area contributed by atoms with Crippen LogP contribution in [-0.2, 0) is 34.0 Å². The van der Waals surface area contributed by atoms with Crippen LogP contribution in [0, 0.1) is 0 Å². The Labute approximate surface area is 302 Å². The summed E-state index contributed by atoms with van der Waals surface area (Å²) in [5, 5.41) is 0. The smallest absolute Gasteiger partial charge is 0.330 e. The van der Waals surface area contributed by atoms with Crippen molar-refractivity contribution in [3.8, 4) is 17.2 Å². The molecule has 10 nitrogen and oxygen atoms in total. The fourth-order valence-electron chi connectivity index (χ4n) is 4.91. The van der Waals surface area contributed by atoms with Gasteiger partial charge in [-0.1, -0.05) is 76.9 Å². The number of ether oxygens (including phenoxy) is 6. The minimum absolute atomic E-state index is 0.112. The summed E-state index contributed by atoms with van der Waals surface area (Å²) in [6, 6.07) is 23.1. The first kappa shape index (κ1) is 41.8. The van der Waals surface area contributed by atoms with Crippen molar-refractivity contribution in [1.82, 2.24) is 4.90 Å². The Hall–Kier alpha value is -5.35. The largest absolute Gasteiger partial charge is 0.490 e. The van der Waals surface area contributed by atoms with E-state index in [0.717, 1.165) is 34.9 Å². The van der Waals surface area contributed by atoms with E-state index < -0.39 is 23.3 Å². The van der Waals surface area contributed by atoms with E-state index in [1.54, 1.807) is 0 Å². The Balaban J connectivity index is 0.00000116. The molecule has 0 aliphatic rings. The summed E-state index contributed by atoms with van der Waals surface area (Å²) >= 11 is 0. The number of carbonyl (C=O) groups is 3. The van der Waals surface area contributed by atoms with Gasteiger partial charge in [0.25, 0.3) is 0 Å². The molecule has 51 heavy (non-hydrogen) atoms. The number of nitrogens with zero attached hydrogens (tertiary/aromatic N) is 1. The Morgan fingerprint density at radius 3 is 0.961 bits per heavy atom. The van der Waals surface area contributed by atoms with Crippen molar-refractivity contribution in [3.05, 3.63) is 127 Å². The Morgan fingerprint density at radius 1 is 0.510 bits per heavy atom. The average Bonchev–Trinajstić information content (AvgIpc) is 3.17. The Kier molecular flexibility index (Phi) is 19.0. The number of hydrogen-bond acceptors (Lipinski definition) is 10. The maximum atomic E-state index is 11.2. The zero-order valence-electron chi connectivity index (χ0n) is 30.3. The van der Waals surface area contributed by atoms with Crippen LogP contribution in [0.3, 0.4) is 0 Å². The van der Waals surface area contributed by atoms with Crippen molar-refractivity contribution in [2.24, 2.45) is 0 Å². The van der Waals surface area contributed by atoms with Crippen molar-refractivity contribution < 1.29 is 42.8 Å². The van der Waals surface area contributed by atoms with Crippen LogP contribution in [0.5, 0.6) is 17.2 Å². The molecule has 3 rings (SSSR count). The van der Waals surface area contributed by atoms with Crippen molar-refractivity contribution in [2.75, 3.05) is 59.3 Å². The van der Waals surface area contributed by atoms with Crippen LogP contribution in [0.2, 0.25) is 0 Å². The van der Waals surface area contributed by atoms with Gasteiger partial charge in [-0.25, -0.2) is 14.4 Å². The number of esters is 3. The molecule has 0 atom stereocenters. The molecule has 0 bridgehead atoms. The van der Waals surface area contributed by atoms with Gasteiger partial charge in [-0.15, -0.1) is 0 Å². The topological polar surface area (TPSA) is 110 Å². The van der Waals surface area contributed by atoms with Gasteiger partial charge in [-0.2, -0.15) is 0 Å². The van der Waals surface area contributed by atoms with Crippen molar-refractivity contribution >= 4 is 17.9 Å². The molecule has 0 aliphatic heterocycles. The summed E-state index contributed by atoms with van der Waals surface area (Å²) in [5.74, 6) is 0.395. The van der Waals surface area contributed by atoms with E-state index in [4.69, 9.17) is 28.4 Å². The summed E-state index contributed by atoms with van der Waals surface area (Å²) in [4.78, 5) is 36.1. The highest BCUT2D eigenvalue weighted by Gasteiger charge is 2.31. The summed E-state index contributed by atoms with van der Waals surface area (Å²) in [5.41, 5.74) is 2.41. The average molecular weight is 702 g/mol. The zero-order chi connectivity index (χ0) is 37.5. The minimum atomic E-state index is -0.589. The predicted molar refractivity (Wildman–Crippen MR) is 198 cm³/mol. The van der Waals surface area contributed by atoms with Crippen LogP contribution in [0.25, 0.3) is 0 Å². The number of carbonyl (C=O) groups excluding carboxylic acids is 3. The summed E-state index contributed by atoms with van der Waals surface area (Å²) in [6.45, 7) is 23.3. The van der Waals surface area contributed by atoms with E-state index in [9.17, 15) is 14.4 Å². The van der Waals surface area contributed by atoms with Crippen LogP contribution in [0.1, 0.15) is 44.4 Å². The van der Waals surface area contributed by atoms with Gasteiger partial charge >= 0.3 is 17.9 Å². The van der Waals surface area contributed by atoms with Crippen LogP contribution >= 0.6 is 0 Å². The fourth-order valence-corrected chi connectivity index (χ4v) is 4.91. The van der Waals surface area contributed by atoms with Crippen LogP contribution in [-0.4, -0.2) is 82.1 Å². The van der Waals surface area contributed by atoms with Crippen LogP contribution < -0.4 is 14.2 Å². The van der Waals surface area contributed by atoms with Gasteiger partial charge in [0.2, 0.25) is 0 Å². The van der Waals surface area contributed by atoms with Gasteiger partial charge in [0, 0.05) is 23.6 Å². The molecule has 10 heteroatoms. The maximum Gasteiger partial charge on any atom is 0.330 e. The second kappa shape index (κ2) is 23.1. The second-order valence-corrected chi connectivity index (χ2v) is 11.0. The normalized spacial score (nSPS) is 10.5. The van der Waals surface area contributed by atoms with Gasteiger partial charge in [-0.05, 0) is 79.6 Å². The molecular weight excluding hydrogens is 650 g/mol. The number of hydrogen-bond donors (Lipinski definition) is 0. The maximum absolute atomic E-state index is 11.2. The van der Waals surface area contributed by atoms with Crippen LogP contribution in [0.4, 0.5) is 0 Å². The minimum Gasteiger partial charge on any atom is -0.490 e. The molecule has 0 N–H and O–H groups in total. The zero-order valence-corrected chi connectivity index (χ0v) is 30.3. The summed E-state index contributed by atoms with van der Waals surface area (Å²) < 4.78 is 32.1. The lowest BCUT2D eigenvalue weighted by Gasteiger charge is -2.32. The third-order valence-electron chi connectivity index (χ3n) is 7.93. The first-order valence-electron chi connectivity index (χ1n) is 16.9. The molecular formula is C41H51NO9. The molecule has 0 radical (unpaired) electrons. The fraction of sp³-hybridized carbons (Fsp3) is 0.341. The molecule has 0 aromatic heterocycles. The van der Waals surface area contributed by atoms with E-state index >= 15 is 0 Å². The van der Waals surface area contributed by atoms with Gasteiger partial charge in [0.1, 0.15) is 56.9 Å². The molecule has 0 aliphatic carbocycles. The molecule has 0 amide bonds. The third kappa shape index (κ3) is 14.2. The van der Waals surface area contributed by atoms with Crippen molar-refractivity contribution in [3.63, 3.8) is 0 Å². The van der Waals surface area contributed by atoms with E-state index in [1.807, 2.05) is 72.8 Å².